The summed E-state index contributed by atoms with van der Waals surface area (Å²) in [5.74, 6) is -0.282. The third-order valence-corrected chi connectivity index (χ3v) is 2.92. The van der Waals surface area contributed by atoms with E-state index < -0.39 is 0 Å². The number of hydrogen-bond acceptors (Lipinski definition) is 2. The van der Waals surface area contributed by atoms with Crippen LogP contribution in [0.25, 0.3) is 0 Å². The summed E-state index contributed by atoms with van der Waals surface area (Å²) >= 11 is 0. The molecule has 1 aromatic heterocycles. The van der Waals surface area contributed by atoms with Crippen LogP contribution >= 0.6 is 0 Å². The molecule has 0 spiro atoms. The second kappa shape index (κ2) is 5.52. The molecule has 1 heterocycles. The zero-order chi connectivity index (χ0) is 13.8. The number of nitrogens with zero attached hydrogens (tertiary/aromatic N) is 1. The van der Waals surface area contributed by atoms with E-state index in [1.54, 1.807) is 17.0 Å². The molecule has 1 aromatic carbocycles. The van der Waals surface area contributed by atoms with Crippen molar-refractivity contribution in [2.45, 2.75) is 13.8 Å². The fraction of sp³-hybridized carbons (Fsp3) is 0.200. The number of carbonyl (C=O) groups excluding carboxylic acids is 1. The number of H-pyrrole nitrogens is 1. The van der Waals surface area contributed by atoms with Crippen molar-refractivity contribution in [3.05, 3.63) is 64.1 Å². The molecule has 19 heavy (non-hydrogen) atoms. The number of anilines is 1. The van der Waals surface area contributed by atoms with Gasteiger partial charge in [-0.05, 0) is 43.7 Å². The molecule has 1 amide bonds. The van der Waals surface area contributed by atoms with Crippen molar-refractivity contribution >= 4 is 11.6 Å². The van der Waals surface area contributed by atoms with E-state index >= 15 is 0 Å². The molecule has 0 aliphatic rings. The highest BCUT2D eigenvalue weighted by atomic mass is 16.2. The number of hydrogen-bond donors (Lipinski definition) is 1. The Hall–Kier alpha value is -2.36. The number of rotatable bonds is 3. The predicted molar refractivity (Wildman–Crippen MR) is 75.6 cm³/mol. The van der Waals surface area contributed by atoms with Crippen LogP contribution in [0, 0.1) is 6.92 Å². The van der Waals surface area contributed by atoms with Gasteiger partial charge in [-0.25, -0.2) is 0 Å². The molecule has 1 N–H and O–H groups in total. The van der Waals surface area contributed by atoms with Gasteiger partial charge in [0.15, 0.2) is 0 Å². The highest BCUT2D eigenvalue weighted by Gasteiger charge is 2.18. The van der Waals surface area contributed by atoms with Gasteiger partial charge in [0, 0.05) is 18.4 Å². The Balaban J connectivity index is 2.41. The summed E-state index contributed by atoms with van der Waals surface area (Å²) in [7, 11) is 0. The van der Waals surface area contributed by atoms with Crippen molar-refractivity contribution < 1.29 is 4.79 Å². The number of amides is 1. The molecule has 4 nitrogen and oxygen atoms in total. The standard InChI is InChI=1S/C15H16N2O2/c1-3-17(12-7-4-6-11(2)10-12)15(19)13-8-5-9-16-14(13)18/h4-10H,3H2,1-2H3,(H,16,18). The Morgan fingerprint density at radius 1 is 1.26 bits per heavy atom. The Bertz CT molecular complexity index is 646. The molecule has 4 heteroatoms. The fourth-order valence-electron chi connectivity index (χ4n) is 1.97. The zero-order valence-electron chi connectivity index (χ0n) is 11.0. The van der Waals surface area contributed by atoms with Gasteiger partial charge in [-0.15, -0.1) is 0 Å². The van der Waals surface area contributed by atoms with E-state index in [2.05, 4.69) is 4.98 Å². The van der Waals surface area contributed by atoms with Crippen molar-refractivity contribution in [2.75, 3.05) is 11.4 Å². The summed E-state index contributed by atoms with van der Waals surface area (Å²) in [5, 5.41) is 0. The van der Waals surface area contributed by atoms with Gasteiger partial charge < -0.3 is 9.88 Å². The Morgan fingerprint density at radius 2 is 2.05 bits per heavy atom. The monoisotopic (exact) mass is 256 g/mol. The van der Waals surface area contributed by atoms with E-state index in [1.165, 1.54) is 6.20 Å². The topological polar surface area (TPSA) is 53.2 Å². The smallest absolute Gasteiger partial charge is 0.263 e. The molecule has 2 rings (SSSR count). The number of pyridine rings is 1. The normalized spacial score (nSPS) is 10.2. The number of carbonyl (C=O) groups is 1. The van der Waals surface area contributed by atoms with E-state index in [4.69, 9.17) is 0 Å². The van der Waals surface area contributed by atoms with Crippen LogP contribution in [-0.2, 0) is 0 Å². The SMILES string of the molecule is CCN(C(=O)c1ccc[nH]c1=O)c1cccc(C)c1. The summed E-state index contributed by atoms with van der Waals surface area (Å²) < 4.78 is 0. The first-order chi connectivity index (χ1) is 9.13. The van der Waals surface area contributed by atoms with Crippen molar-refractivity contribution in [3.63, 3.8) is 0 Å². The van der Waals surface area contributed by atoms with Crippen LogP contribution in [0.3, 0.4) is 0 Å². The number of aromatic amines is 1. The lowest BCUT2D eigenvalue weighted by molar-refractivity contribution is 0.0987. The van der Waals surface area contributed by atoms with Gasteiger partial charge in [0.25, 0.3) is 11.5 Å². The lowest BCUT2D eigenvalue weighted by Crippen LogP contribution is -2.34. The third-order valence-electron chi connectivity index (χ3n) is 2.92. The van der Waals surface area contributed by atoms with Crippen LogP contribution < -0.4 is 10.5 Å². The van der Waals surface area contributed by atoms with Gasteiger partial charge in [-0.3, -0.25) is 9.59 Å². The zero-order valence-corrected chi connectivity index (χ0v) is 11.0. The molecule has 0 aliphatic carbocycles. The minimum atomic E-state index is -0.362. The Kier molecular flexibility index (Phi) is 3.80. The maximum Gasteiger partial charge on any atom is 0.263 e. The molecule has 2 aromatic rings. The highest BCUT2D eigenvalue weighted by molar-refractivity contribution is 6.05. The first-order valence-corrected chi connectivity index (χ1v) is 6.19. The average molecular weight is 256 g/mol. The quantitative estimate of drug-likeness (QED) is 0.916. The second-order valence-electron chi connectivity index (χ2n) is 4.30. The molecule has 0 saturated carbocycles. The molecule has 98 valence electrons. The minimum absolute atomic E-state index is 0.158. The Labute approximate surface area is 111 Å². The van der Waals surface area contributed by atoms with Crippen molar-refractivity contribution in [3.8, 4) is 0 Å². The van der Waals surface area contributed by atoms with Crippen molar-refractivity contribution in [2.24, 2.45) is 0 Å². The molecule has 0 saturated heterocycles. The van der Waals surface area contributed by atoms with Crippen LogP contribution in [0.4, 0.5) is 5.69 Å². The summed E-state index contributed by atoms with van der Waals surface area (Å²) in [6, 6.07) is 10.9. The second-order valence-corrected chi connectivity index (χ2v) is 4.30. The molecule has 0 fully saturated rings. The average Bonchev–Trinajstić information content (AvgIpc) is 2.40. The van der Waals surface area contributed by atoms with E-state index in [-0.39, 0.29) is 17.0 Å². The number of nitrogens with one attached hydrogen (secondary N) is 1. The molecule has 0 aliphatic heterocycles. The first kappa shape index (κ1) is 13.1. The van der Waals surface area contributed by atoms with Crippen molar-refractivity contribution in [1.29, 1.82) is 0 Å². The molecule has 0 atom stereocenters. The maximum atomic E-state index is 12.4. The lowest BCUT2D eigenvalue weighted by Gasteiger charge is -2.21. The fourth-order valence-corrected chi connectivity index (χ4v) is 1.97. The number of aromatic nitrogens is 1. The van der Waals surface area contributed by atoms with E-state index in [0.717, 1.165) is 11.3 Å². The van der Waals surface area contributed by atoms with Crippen LogP contribution in [0.15, 0.2) is 47.4 Å². The molecular weight excluding hydrogens is 240 g/mol. The van der Waals surface area contributed by atoms with Gasteiger partial charge in [-0.2, -0.15) is 0 Å². The first-order valence-electron chi connectivity index (χ1n) is 6.19. The van der Waals surface area contributed by atoms with E-state index in [1.807, 2.05) is 38.1 Å². The van der Waals surface area contributed by atoms with Crippen molar-refractivity contribution in [1.82, 2.24) is 4.98 Å². The highest BCUT2D eigenvalue weighted by Crippen LogP contribution is 2.17. The largest absolute Gasteiger partial charge is 0.328 e. The molecule has 0 unspecified atom stereocenters. The summed E-state index contributed by atoms with van der Waals surface area (Å²) in [6.07, 6.45) is 1.52. The Morgan fingerprint density at radius 3 is 2.68 bits per heavy atom. The van der Waals surface area contributed by atoms with Gasteiger partial charge in [0.2, 0.25) is 0 Å². The maximum absolute atomic E-state index is 12.4. The lowest BCUT2D eigenvalue weighted by atomic mass is 10.2. The van der Waals surface area contributed by atoms with E-state index in [0.29, 0.717) is 6.54 Å². The number of benzene rings is 1. The van der Waals surface area contributed by atoms with E-state index in [9.17, 15) is 9.59 Å². The summed E-state index contributed by atoms with van der Waals surface area (Å²) in [6.45, 7) is 4.37. The third kappa shape index (κ3) is 2.73. The molecule has 0 radical (unpaired) electrons. The van der Waals surface area contributed by atoms with Crippen LogP contribution in [0.1, 0.15) is 22.8 Å². The van der Waals surface area contributed by atoms with Gasteiger partial charge in [0.1, 0.15) is 5.56 Å². The van der Waals surface area contributed by atoms with Crippen LogP contribution in [-0.4, -0.2) is 17.4 Å². The number of aryl methyl sites for hydroxylation is 1. The summed E-state index contributed by atoms with van der Waals surface area (Å²) in [4.78, 5) is 28.2. The van der Waals surface area contributed by atoms with Gasteiger partial charge in [-0.1, -0.05) is 12.1 Å². The predicted octanol–water partition coefficient (Wildman–Crippen LogP) is 2.35. The van der Waals surface area contributed by atoms with Crippen LogP contribution in [0.5, 0.6) is 0 Å². The molecule has 0 bridgehead atoms. The van der Waals surface area contributed by atoms with Gasteiger partial charge >= 0.3 is 0 Å². The summed E-state index contributed by atoms with van der Waals surface area (Å²) in [5.41, 5.74) is 1.67. The molecular formula is C15H16N2O2. The van der Waals surface area contributed by atoms with Crippen LogP contribution in [0.2, 0.25) is 0 Å². The van der Waals surface area contributed by atoms with Gasteiger partial charge in [0.05, 0.1) is 0 Å². The minimum Gasteiger partial charge on any atom is -0.328 e.